The summed E-state index contributed by atoms with van der Waals surface area (Å²) in [6.45, 7) is 0.410. The van der Waals surface area contributed by atoms with Crippen LogP contribution >= 0.6 is 11.3 Å². The van der Waals surface area contributed by atoms with E-state index in [1.165, 1.54) is 22.2 Å². The SMILES string of the molecule is NCc1nc(Cn2cnc3ccsc3c2=O)no1. The second-order valence-electron chi connectivity index (χ2n) is 3.62. The number of rotatable bonds is 3. The summed E-state index contributed by atoms with van der Waals surface area (Å²) in [5, 5.41) is 5.58. The van der Waals surface area contributed by atoms with Gasteiger partial charge in [-0.05, 0) is 11.4 Å². The first-order chi connectivity index (χ1) is 8.78. The summed E-state index contributed by atoms with van der Waals surface area (Å²) >= 11 is 1.37. The number of thiophene rings is 1. The lowest BCUT2D eigenvalue weighted by atomic mass is 10.4. The lowest BCUT2D eigenvalue weighted by molar-refractivity contribution is 0.373. The van der Waals surface area contributed by atoms with Crippen LogP contribution in [-0.4, -0.2) is 19.7 Å². The van der Waals surface area contributed by atoms with Crippen molar-refractivity contribution in [2.45, 2.75) is 13.1 Å². The molecule has 8 heteroatoms. The van der Waals surface area contributed by atoms with Crippen molar-refractivity contribution in [3.8, 4) is 0 Å². The number of aromatic nitrogens is 4. The molecule has 3 heterocycles. The molecule has 0 fully saturated rings. The fourth-order valence-corrected chi connectivity index (χ4v) is 2.37. The fourth-order valence-electron chi connectivity index (χ4n) is 1.58. The number of fused-ring (bicyclic) bond motifs is 1. The predicted molar refractivity (Wildman–Crippen MR) is 65.2 cm³/mol. The van der Waals surface area contributed by atoms with Crippen LogP contribution in [-0.2, 0) is 13.1 Å². The molecule has 3 aromatic heterocycles. The number of nitrogens with zero attached hydrogens (tertiary/aromatic N) is 4. The number of hydrogen-bond acceptors (Lipinski definition) is 7. The molecule has 0 saturated heterocycles. The van der Waals surface area contributed by atoms with Gasteiger partial charge in [-0.2, -0.15) is 4.98 Å². The molecule has 2 N–H and O–H groups in total. The molecule has 0 unspecified atom stereocenters. The molecule has 0 spiro atoms. The van der Waals surface area contributed by atoms with Gasteiger partial charge in [0.25, 0.3) is 5.56 Å². The Labute approximate surface area is 105 Å². The summed E-state index contributed by atoms with van der Waals surface area (Å²) in [6, 6.07) is 1.81. The number of nitrogens with two attached hydrogens (primary N) is 1. The zero-order chi connectivity index (χ0) is 12.5. The average molecular weight is 263 g/mol. The largest absolute Gasteiger partial charge is 0.338 e. The van der Waals surface area contributed by atoms with Gasteiger partial charge in [0.15, 0.2) is 5.82 Å². The molecular weight excluding hydrogens is 254 g/mol. The van der Waals surface area contributed by atoms with E-state index in [2.05, 4.69) is 15.1 Å². The molecule has 92 valence electrons. The van der Waals surface area contributed by atoms with Gasteiger partial charge < -0.3 is 10.3 Å². The lowest BCUT2D eigenvalue weighted by Crippen LogP contribution is -2.20. The van der Waals surface area contributed by atoms with Crippen LogP contribution < -0.4 is 11.3 Å². The summed E-state index contributed by atoms with van der Waals surface area (Å²) in [4.78, 5) is 20.3. The van der Waals surface area contributed by atoms with E-state index in [4.69, 9.17) is 10.3 Å². The molecule has 0 radical (unpaired) electrons. The van der Waals surface area contributed by atoms with Crippen molar-refractivity contribution < 1.29 is 4.52 Å². The first kappa shape index (κ1) is 11.1. The van der Waals surface area contributed by atoms with Crippen LogP contribution in [0.2, 0.25) is 0 Å². The van der Waals surface area contributed by atoms with Crippen LogP contribution in [0.4, 0.5) is 0 Å². The second-order valence-corrected chi connectivity index (χ2v) is 4.54. The second kappa shape index (κ2) is 4.31. The molecule has 0 aliphatic heterocycles. The van der Waals surface area contributed by atoms with Crippen LogP contribution in [0.5, 0.6) is 0 Å². The quantitative estimate of drug-likeness (QED) is 0.731. The minimum Gasteiger partial charge on any atom is -0.338 e. The Morgan fingerprint density at radius 3 is 3.17 bits per heavy atom. The monoisotopic (exact) mass is 263 g/mol. The third-order valence-corrected chi connectivity index (χ3v) is 3.32. The van der Waals surface area contributed by atoms with Gasteiger partial charge >= 0.3 is 0 Å². The van der Waals surface area contributed by atoms with Crippen molar-refractivity contribution in [1.29, 1.82) is 0 Å². The minimum atomic E-state index is -0.103. The van der Waals surface area contributed by atoms with Crippen LogP contribution in [0.15, 0.2) is 27.1 Å². The van der Waals surface area contributed by atoms with Crippen LogP contribution in [0.3, 0.4) is 0 Å². The van der Waals surface area contributed by atoms with Gasteiger partial charge in [0.05, 0.1) is 24.9 Å². The normalized spacial score (nSPS) is 11.2. The molecule has 18 heavy (non-hydrogen) atoms. The molecule has 0 amide bonds. The minimum absolute atomic E-state index is 0.103. The molecule has 0 saturated carbocycles. The Balaban J connectivity index is 1.99. The summed E-state index contributed by atoms with van der Waals surface area (Å²) in [7, 11) is 0. The summed E-state index contributed by atoms with van der Waals surface area (Å²) in [5.74, 6) is 0.762. The van der Waals surface area contributed by atoms with Gasteiger partial charge in [0.1, 0.15) is 4.70 Å². The average Bonchev–Trinajstić information content (AvgIpc) is 3.01. The molecule has 0 atom stereocenters. The third kappa shape index (κ3) is 1.81. The first-order valence-electron chi connectivity index (χ1n) is 5.22. The molecule has 0 aromatic carbocycles. The molecular formula is C10H9N5O2S. The standard InChI is InChI=1S/C10H9N5O2S/c11-3-8-13-7(14-17-8)4-15-5-12-6-1-2-18-9(6)10(15)16/h1-2,5H,3-4,11H2. The Kier molecular flexibility index (Phi) is 2.65. The third-order valence-electron chi connectivity index (χ3n) is 2.43. The molecule has 7 nitrogen and oxygen atoms in total. The fraction of sp³-hybridized carbons (Fsp3) is 0.200. The highest BCUT2D eigenvalue weighted by molar-refractivity contribution is 7.17. The van der Waals surface area contributed by atoms with E-state index in [-0.39, 0.29) is 18.6 Å². The maximum Gasteiger partial charge on any atom is 0.271 e. The Morgan fingerprint density at radius 2 is 2.39 bits per heavy atom. The van der Waals surface area contributed by atoms with Crippen molar-refractivity contribution in [2.24, 2.45) is 5.73 Å². The van der Waals surface area contributed by atoms with Gasteiger partial charge in [-0.3, -0.25) is 9.36 Å². The maximum atomic E-state index is 12.1. The van der Waals surface area contributed by atoms with Crippen molar-refractivity contribution >= 4 is 21.6 Å². The van der Waals surface area contributed by atoms with Crippen LogP contribution in [0.25, 0.3) is 10.2 Å². The van der Waals surface area contributed by atoms with Crippen molar-refractivity contribution in [3.05, 3.63) is 39.8 Å². The highest BCUT2D eigenvalue weighted by atomic mass is 32.1. The molecule has 0 bridgehead atoms. The van der Waals surface area contributed by atoms with Gasteiger partial charge in [-0.15, -0.1) is 11.3 Å². The summed E-state index contributed by atoms with van der Waals surface area (Å²) in [5.41, 5.74) is 5.97. The van der Waals surface area contributed by atoms with E-state index in [9.17, 15) is 4.79 Å². The van der Waals surface area contributed by atoms with Gasteiger partial charge in [-0.25, -0.2) is 4.98 Å². The zero-order valence-electron chi connectivity index (χ0n) is 9.24. The van der Waals surface area contributed by atoms with Crippen molar-refractivity contribution in [2.75, 3.05) is 0 Å². The first-order valence-corrected chi connectivity index (χ1v) is 6.10. The van der Waals surface area contributed by atoms with E-state index in [0.717, 1.165) is 0 Å². The predicted octanol–water partition coefficient (Wildman–Crippen LogP) is 0.348. The van der Waals surface area contributed by atoms with E-state index >= 15 is 0 Å². The summed E-state index contributed by atoms with van der Waals surface area (Å²) in [6.07, 6.45) is 1.48. The van der Waals surface area contributed by atoms with Crippen molar-refractivity contribution in [1.82, 2.24) is 19.7 Å². The molecule has 0 aliphatic carbocycles. The van der Waals surface area contributed by atoms with E-state index < -0.39 is 0 Å². The highest BCUT2D eigenvalue weighted by Crippen LogP contribution is 2.13. The zero-order valence-corrected chi connectivity index (χ0v) is 10.1. The highest BCUT2D eigenvalue weighted by Gasteiger charge is 2.09. The van der Waals surface area contributed by atoms with Gasteiger partial charge in [-0.1, -0.05) is 5.16 Å². The summed E-state index contributed by atoms with van der Waals surface area (Å²) < 4.78 is 6.95. The van der Waals surface area contributed by atoms with E-state index in [1.54, 1.807) is 0 Å². The molecule has 3 rings (SSSR count). The van der Waals surface area contributed by atoms with Gasteiger partial charge in [0.2, 0.25) is 5.89 Å². The lowest BCUT2D eigenvalue weighted by Gasteiger charge is -2.00. The molecule has 3 aromatic rings. The van der Waals surface area contributed by atoms with Gasteiger partial charge in [0, 0.05) is 0 Å². The Hall–Kier alpha value is -2.06. The van der Waals surface area contributed by atoms with Crippen molar-refractivity contribution in [3.63, 3.8) is 0 Å². The number of hydrogen-bond donors (Lipinski definition) is 1. The van der Waals surface area contributed by atoms with Crippen LogP contribution in [0, 0.1) is 0 Å². The smallest absolute Gasteiger partial charge is 0.271 e. The molecule has 0 aliphatic rings. The van der Waals surface area contributed by atoms with Crippen LogP contribution in [0.1, 0.15) is 11.7 Å². The van der Waals surface area contributed by atoms with E-state index in [0.29, 0.717) is 21.9 Å². The maximum absolute atomic E-state index is 12.1. The Morgan fingerprint density at radius 1 is 1.50 bits per heavy atom. The van der Waals surface area contributed by atoms with E-state index in [1.807, 2.05) is 11.4 Å². The Bertz CT molecular complexity index is 744. The topological polar surface area (TPSA) is 99.8 Å².